The first-order chi connectivity index (χ1) is 14.4. The van der Waals surface area contributed by atoms with Gasteiger partial charge in [-0.05, 0) is 11.1 Å². The van der Waals surface area contributed by atoms with Crippen LogP contribution in [0, 0.1) is 0 Å². The molecular weight excluding hydrogens is 370 g/mol. The molecule has 1 fully saturated rings. The SMILES string of the molecule is c1ccc(CO[C@@H]2[C@H]3OCc4cnnn4[C@@H]3OC[C@H]2OCc2ccccc2)cc1. The number of rotatable bonds is 6. The number of hydrogen-bond acceptors (Lipinski definition) is 6. The summed E-state index contributed by atoms with van der Waals surface area (Å²) in [6.45, 7) is 1.80. The maximum atomic E-state index is 6.34. The summed E-state index contributed by atoms with van der Waals surface area (Å²) in [7, 11) is 0. The third kappa shape index (κ3) is 3.95. The van der Waals surface area contributed by atoms with Gasteiger partial charge in [0.05, 0.1) is 38.3 Å². The lowest BCUT2D eigenvalue weighted by atomic mass is 10.0. The monoisotopic (exact) mass is 393 g/mol. The van der Waals surface area contributed by atoms with Crippen LogP contribution in [0.4, 0.5) is 0 Å². The van der Waals surface area contributed by atoms with Crippen molar-refractivity contribution in [3.63, 3.8) is 0 Å². The van der Waals surface area contributed by atoms with E-state index in [0.717, 1.165) is 16.8 Å². The Labute approximate surface area is 169 Å². The van der Waals surface area contributed by atoms with Crippen molar-refractivity contribution in [2.45, 2.75) is 44.4 Å². The van der Waals surface area contributed by atoms with Crippen LogP contribution in [0.2, 0.25) is 0 Å². The molecule has 0 bridgehead atoms. The van der Waals surface area contributed by atoms with E-state index in [1.165, 1.54) is 0 Å². The Morgan fingerprint density at radius 2 is 1.59 bits per heavy atom. The number of fused-ring (bicyclic) bond motifs is 3. The van der Waals surface area contributed by atoms with Crippen molar-refractivity contribution in [1.82, 2.24) is 15.0 Å². The average Bonchev–Trinajstić information content (AvgIpc) is 3.27. The molecule has 2 aliphatic rings. The van der Waals surface area contributed by atoms with Gasteiger partial charge in [0.2, 0.25) is 0 Å². The molecule has 0 radical (unpaired) electrons. The molecule has 0 spiro atoms. The number of benzene rings is 2. The zero-order valence-corrected chi connectivity index (χ0v) is 16.0. The van der Waals surface area contributed by atoms with Gasteiger partial charge < -0.3 is 18.9 Å². The topological polar surface area (TPSA) is 67.6 Å². The summed E-state index contributed by atoms with van der Waals surface area (Å²) in [4.78, 5) is 0. The molecule has 150 valence electrons. The van der Waals surface area contributed by atoms with Gasteiger partial charge in [-0.15, -0.1) is 5.10 Å². The van der Waals surface area contributed by atoms with Gasteiger partial charge in [0, 0.05) is 0 Å². The summed E-state index contributed by atoms with van der Waals surface area (Å²) in [5.74, 6) is 0. The fourth-order valence-corrected chi connectivity index (χ4v) is 3.80. The highest BCUT2D eigenvalue weighted by molar-refractivity contribution is 5.14. The minimum absolute atomic E-state index is 0.245. The normalized spacial score (nSPS) is 25.9. The van der Waals surface area contributed by atoms with E-state index in [1.54, 1.807) is 10.9 Å². The van der Waals surface area contributed by atoms with Crippen LogP contribution in [0.25, 0.3) is 0 Å². The Morgan fingerprint density at radius 3 is 2.31 bits per heavy atom. The van der Waals surface area contributed by atoms with Gasteiger partial charge in [0.1, 0.15) is 18.3 Å². The minimum atomic E-state index is -0.362. The van der Waals surface area contributed by atoms with Crippen LogP contribution in [0.1, 0.15) is 23.0 Å². The summed E-state index contributed by atoms with van der Waals surface area (Å²) in [6.07, 6.45) is 0.499. The highest BCUT2D eigenvalue weighted by Gasteiger charge is 2.46. The van der Waals surface area contributed by atoms with Gasteiger partial charge in [-0.25, -0.2) is 4.68 Å². The van der Waals surface area contributed by atoms with E-state index in [0.29, 0.717) is 26.4 Å². The van der Waals surface area contributed by atoms with Gasteiger partial charge in [-0.1, -0.05) is 65.9 Å². The summed E-state index contributed by atoms with van der Waals surface area (Å²) >= 11 is 0. The standard InChI is InChI=1S/C22H23N3O4/c1-3-7-16(8-4-1)12-26-19-15-29-22-21(28-14-18-11-23-24-25(18)22)20(19)27-13-17-9-5-2-6-10-17/h1-11,19-22H,12-15H2/t19-,20+,21-,22-/m1/s1. The van der Waals surface area contributed by atoms with Crippen molar-refractivity contribution < 1.29 is 18.9 Å². The minimum Gasteiger partial charge on any atom is -0.368 e. The van der Waals surface area contributed by atoms with E-state index in [2.05, 4.69) is 10.3 Å². The fourth-order valence-electron chi connectivity index (χ4n) is 3.80. The first-order valence-electron chi connectivity index (χ1n) is 9.82. The van der Waals surface area contributed by atoms with Crippen molar-refractivity contribution >= 4 is 0 Å². The van der Waals surface area contributed by atoms with E-state index >= 15 is 0 Å². The van der Waals surface area contributed by atoms with Crippen molar-refractivity contribution in [3.8, 4) is 0 Å². The molecule has 3 heterocycles. The lowest BCUT2D eigenvalue weighted by molar-refractivity contribution is -0.269. The Kier molecular flexibility index (Phi) is 5.36. The second-order valence-electron chi connectivity index (χ2n) is 7.27. The number of ether oxygens (including phenoxy) is 4. The van der Waals surface area contributed by atoms with E-state index in [9.17, 15) is 0 Å². The van der Waals surface area contributed by atoms with Crippen LogP contribution >= 0.6 is 0 Å². The number of nitrogens with zero attached hydrogens (tertiary/aromatic N) is 3. The molecule has 4 atom stereocenters. The van der Waals surface area contributed by atoms with Crippen LogP contribution in [-0.2, 0) is 38.8 Å². The largest absolute Gasteiger partial charge is 0.368 e. The molecule has 5 rings (SSSR count). The third-order valence-electron chi connectivity index (χ3n) is 5.31. The molecule has 7 nitrogen and oxygen atoms in total. The van der Waals surface area contributed by atoms with Gasteiger partial charge >= 0.3 is 0 Å². The summed E-state index contributed by atoms with van der Waals surface area (Å²) < 4.78 is 26.5. The van der Waals surface area contributed by atoms with E-state index in [-0.39, 0.29) is 24.5 Å². The maximum absolute atomic E-state index is 6.34. The second-order valence-corrected chi connectivity index (χ2v) is 7.27. The predicted molar refractivity (Wildman–Crippen MR) is 104 cm³/mol. The van der Waals surface area contributed by atoms with Crippen LogP contribution < -0.4 is 0 Å². The van der Waals surface area contributed by atoms with Crippen LogP contribution in [-0.4, -0.2) is 39.9 Å². The molecule has 2 aromatic carbocycles. The van der Waals surface area contributed by atoms with Crippen molar-refractivity contribution in [1.29, 1.82) is 0 Å². The molecule has 3 aromatic rings. The second kappa shape index (κ2) is 8.42. The Morgan fingerprint density at radius 1 is 0.897 bits per heavy atom. The van der Waals surface area contributed by atoms with Crippen LogP contribution in [0.5, 0.6) is 0 Å². The molecule has 7 heteroatoms. The summed E-state index contributed by atoms with van der Waals surface area (Å²) in [5.41, 5.74) is 3.12. The Hall–Kier alpha value is -2.58. The molecule has 1 saturated heterocycles. The quantitative estimate of drug-likeness (QED) is 0.642. The molecule has 0 unspecified atom stereocenters. The smallest absolute Gasteiger partial charge is 0.181 e. The molecule has 29 heavy (non-hydrogen) atoms. The van der Waals surface area contributed by atoms with Gasteiger partial charge in [-0.3, -0.25) is 0 Å². The fraction of sp³-hybridized carbons (Fsp3) is 0.364. The summed E-state index contributed by atoms with van der Waals surface area (Å²) in [5, 5.41) is 8.17. The molecule has 0 saturated carbocycles. The lowest BCUT2D eigenvalue weighted by Crippen LogP contribution is -2.55. The molecule has 0 aliphatic carbocycles. The van der Waals surface area contributed by atoms with Crippen molar-refractivity contribution in [2.75, 3.05) is 6.61 Å². The lowest BCUT2D eigenvalue weighted by Gasteiger charge is -2.44. The third-order valence-corrected chi connectivity index (χ3v) is 5.31. The van der Waals surface area contributed by atoms with Gasteiger partial charge in [0.25, 0.3) is 0 Å². The maximum Gasteiger partial charge on any atom is 0.181 e. The molecule has 2 aliphatic heterocycles. The predicted octanol–water partition coefficient (Wildman–Crippen LogP) is 2.88. The van der Waals surface area contributed by atoms with Crippen LogP contribution in [0.3, 0.4) is 0 Å². The Balaban J connectivity index is 1.34. The average molecular weight is 393 g/mol. The zero-order chi connectivity index (χ0) is 19.5. The van der Waals surface area contributed by atoms with E-state index < -0.39 is 0 Å². The number of aromatic nitrogens is 3. The van der Waals surface area contributed by atoms with Crippen molar-refractivity contribution in [3.05, 3.63) is 83.7 Å². The molecule has 0 N–H and O–H groups in total. The highest BCUT2D eigenvalue weighted by atomic mass is 16.6. The Bertz CT molecular complexity index is 918. The van der Waals surface area contributed by atoms with Crippen LogP contribution in [0.15, 0.2) is 66.9 Å². The van der Waals surface area contributed by atoms with Gasteiger partial charge in [0.15, 0.2) is 6.23 Å². The molecule has 1 aromatic heterocycles. The first-order valence-corrected chi connectivity index (χ1v) is 9.82. The summed E-state index contributed by atoms with van der Waals surface area (Å²) in [6, 6.07) is 20.2. The van der Waals surface area contributed by atoms with E-state index in [4.69, 9.17) is 18.9 Å². The van der Waals surface area contributed by atoms with Gasteiger partial charge in [-0.2, -0.15) is 0 Å². The van der Waals surface area contributed by atoms with Crippen molar-refractivity contribution in [2.24, 2.45) is 0 Å². The van der Waals surface area contributed by atoms with E-state index in [1.807, 2.05) is 60.7 Å². The molecular formula is C22H23N3O4. The molecule has 0 amide bonds. The first kappa shape index (κ1) is 18.4. The number of hydrogen-bond donors (Lipinski definition) is 0. The zero-order valence-electron chi connectivity index (χ0n) is 16.0. The highest BCUT2D eigenvalue weighted by Crippen LogP contribution is 2.34.